The molecule has 1 saturated heterocycles. The van der Waals surface area contributed by atoms with E-state index in [2.05, 4.69) is 10.2 Å². The van der Waals surface area contributed by atoms with Gasteiger partial charge in [-0.3, -0.25) is 4.90 Å². The zero-order valence-electron chi connectivity index (χ0n) is 11.0. The highest BCUT2D eigenvalue weighted by Crippen LogP contribution is 2.35. The van der Waals surface area contributed by atoms with E-state index in [1.165, 1.54) is 0 Å². The number of benzene rings is 1. The van der Waals surface area contributed by atoms with Gasteiger partial charge in [-0.1, -0.05) is 18.2 Å². The molecule has 1 aromatic rings. The van der Waals surface area contributed by atoms with Crippen LogP contribution in [0.15, 0.2) is 28.0 Å². The lowest BCUT2D eigenvalue weighted by molar-refractivity contribution is 0.263. The number of sulfone groups is 1. The standard InChI is InChI=1S/C14H18N2O2S/c1-11-3-2-4-12-9-13(19(17,18)14(11)12)10-16-7-5-15-6-8-16/h2-4,9,15H,5-8,10H2,1H3. The predicted molar refractivity (Wildman–Crippen MR) is 75.7 cm³/mol. The minimum atomic E-state index is -3.28. The Morgan fingerprint density at radius 2 is 2.00 bits per heavy atom. The molecule has 0 unspecified atom stereocenters. The number of hydrogen-bond acceptors (Lipinski definition) is 4. The summed E-state index contributed by atoms with van der Waals surface area (Å²) < 4.78 is 25.1. The van der Waals surface area contributed by atoms with Crippen molar-refractivity contribution in [1.29, 1.82) is 0 Å². The first-order valence-electron chi connectivity index (χ1n) is 6.57. The van der Waals surface area contributed by atoms with Crippen molar-refractivity contribution >= 4 is 15.9 Å². The number of nitrogens with one attached hydrogen (secondary N) is 1. The van der Waals surface area contributed by atoms with Crippen molar-refractivity contribution in [2.24, 2.45) is 0 Å². The number of hydrogen-bond donors (Lipinski definition) is 1. The molecule has 0 spiro atoms. The lowest BCUT2D eigenvalue weighted by atomic mass is 10.1. The molecule has 2 aliphatic heterocycles. The lowest BCUT2D eigenvalue weighted by Gasteiger charge is -2.27. The third-order valence-corrected chi connectivity index (χ3v) is 5.79. The molecule has 4 nitrogen and oxygen atoms in total. The Morgan fingerprint density at radius 1 is 1.26 bits per heavy atom. The van der Waals surface area contributed by atoms with Crippen LogP contribution in [-0.4, -0.2) is 46.0 Å². The molecule has 1 fully saturated rings. The van der Waals surface area contributed by atoms with Crippen LogP contribution in [-0.2, 0) is 9.84 Å². The summed E-state index contributed by atoms with van der Waals surface area (Å²) in [6, 6.07) is 5.65. The molecule has 0 amide bonds. The number of rotatable bonds is 2. The van der Waals surface area contributed by atoms with Crippen LogP contribution < -0.4 is 5.32 Å². The smallest absolute Gasteiger partial charge is 0.204 e. The molecule has 5 heteroatoms. The molecule has 0 aromatic heterocycles. The normalized spacial score (nSPS) is 22.1. The molecular formula is C14H18N2O2S. The van der Waals surface area contributed by atoms with Gasteiger partial charge in [-0.05, 0) is 24.1 Å². The highest BCUT2D eigenvalue weighted by Gasteiger charge is 2.32. The van der Waals surface area contributed by atoms with Crippen molar-refractivity contribution in [3.63, 3.8) is 0 Å². The molecule has 0 atom stereocenters. The summed E-state index contributed by atoms with van der Waals surface area (Å²) in [5.41, 5.74) is 1.68. The van der Waals surface area contributed by atoms with Crippen LogP contribution in [0.5, 0.6) is 0 Å². The Hall–Kier alpha value is -1.17. The van der Waals surface area contributed by atoms with Crippen LogP contribution in [0.1, 0.15) is 11.1 Å². The van der Waals surface area contributed by atoms with Gasteiger partial charge in [-0.25, -0.2) is 8.42 Å². The highest BCUT2D eigenvalue weighted by atomic mass is 32.2. The molecule has 2 heterocycles. The zero-order valence-corrected chi connectivity index (χ0v) is 11.8. The zero-order chi connectivity index (χ0) is 13.5. The van der Waals surface area contributed by atoms with Gasteiger partial charge in [0.2, 0.25) is 9.84 Å². The first-order valence-corrected chi connectivity index (χ1v) is 8.06. The van der Waals surface area contributed by atoms with E-state index in [9.17, 15) is 8.42 Å². The van der Waals surface area contributed by atoms with Gasteiger partial charge < -0.3 is 5.32 Å². The molecule has 3 rings (SSSR count). The third-order valence-electron chi connectivity index (χ3n) is 3.76. The van der Waals surface area contributed by atoms with Crippen molar-refractivity contribution in [2.45, 2.75) is 11.8 Å². The van der Waals surface area contributed by atoms with Crippen LogP contribution in [0.2, 0.25) is 0 Å². The van der Waals surface area contributed by atoms with Gasteiger partial charge in [0, 0.05) is 32.7 Å². The fourth-order valence-corrected chi connectivity index (χ4v) is 4.58. The second kappa shape index (κ2) is 4.74. The highest BCUT2D eigenvalue weighted by molar-refractivity contribution is 7.96. The second-order valence-corrected chi connectivity index (χ2v) is 7.07. The van der Waals surface area contributed by atoms with E-state index in [-0.39, 0.29) is 0 Å². The summed E-state index contributed by atoms with van der Waals surface area (Å²) in [5.74, 6) is 0. The van der Waals surface area contributed by atoms with E-state index in [4.69, 9.17) is 0 Å². The van der Waals surface area contributed by atoms with Gasteiger partial charge >= 0.3 is 0 Å². The minimum Gasteiger partial charge on any atom is -0.314 e. The Bertz CT molecular complexity index is 629. The van der Waals surface area contributed by atoms with Gasteiger partial charge in [-0.2, -0.15) is 0 Å². The van der Waals surface area contributed by atoms with E-state index in [0.717, 1.165) is 37.3 Å². The molecule has 102 valence electrons. The topological polar surface area (TPSA) is 49.4 Å². The van der Waals surface area contributed by atoms with E-state index in [1.54, 1.807) is 0 Å². The number of nitrogens with zero attached hydrogens (tertiary/aromatic N) is 1. The van der Waals surface area contributed by atoms with Gasteiger partial charge in [-0.15, -0.1) is 0 Å². The predicted octanol–water partition coefficient (Wildman–Crippen LogP) is 1.03. The van der Waals surface area contributed by atoms with E-state index in [1.807, 2.05) is 31.2 Å². The maximum atomic E-state index is 12.6. The van der Waals surface area contributed by atoms with Crippen molar-refractivity contribution in [3.05, 3.63) is 34.2 Å². The molecular weight excluding hydrogens is 260 g/mol. The average Bonchev–Trinajstić information content (AvgIpc) is 2.63. The fraction of sp³-hybridized carbons (Fsp3) is 0.429. The summed E-state index contributed by atoms with van der Waals surface area (Å²) in [6.45, 7) is 6.05. The minimum absolute atomic E-state index is 0.500. The fourth-order valence-electron chi connectivity index (χ4n) is 2.76. The van der Waals surface area contributed by atoms with Crippen LogP contribution in [0.4, 0.5) is 0 Å². The quantitative estimate of drug-likeness (QED) is 0.878. The number of aryl methyl sites for hydroxylation is 1. The molecule has 1 N–H and O–H groups in total. The summed E-state index contributed by atoms with van der Waals surface area (Å²) in [4.78, 5) is 3.24. The Kier molecular flexibility index (Phi) is 3.20. The van der Waals surface area contributed by atoms with Crippen LogP contribution in [0.25, 0.3) is 6.08 Å². The van der Waals surface area contributed by atoms with E-state index >= 15 is 0 Å². The van der Waals surface area contributed by atoms with Crippen molar-refractivity contribution in [2.75, 3.05) is 32.7 Å². The van der Waals surface area contributed by atoms with Crippen LogP contribution in [0, 0.1) is 6.92 Å². The van der Waals surface area contributed by atoms with Crippen molar-refractivity contribution < 1.29 is 8.42 Å². The maximum Gasteiger partial charge on any atom is 0.204 e. The lowest BCUT2D eigenvalue weighted by Crippen LogP contribution is -2.44. The van der Waals surface area contributed by atoms with Gasteiger partial charge in [0.15, 0.2) is 0 Å². The van der Waals surface area contributed by atoms with E-state index < -0.39 is 9.84 Å². The largest absolute Gasteiger partial charge is 0.314 e. The average molecular weight is 278 g/mol. The van der Waals surface area contributed by atoms with Gasteiger partial charge in [0.05, 0.1) is 9.80 Å². The van der Waals surface area contributed by atoms with Crippen LogP contribution in [0.3, 0.4) is 0 Å². The monoisotopic (exact) mass is 278 g/mol. The SMILES string of the molecule is Cc1cccc2c1S(=O)(=O)C(CN1CCNCC1)=C2. The molecule has 0 saturated carbocycles. The van der Waals surface area contributed by atoms with Gasteiger partial charge in [0.1, 0.15) is 0 Å². The Labute approximate surface area is 114 Å². The molecule has 1 aromatic carbocycles. The van der Waals surface area contributed by atoms with Crippen molar-refractivity contribution in [3.8, 4) is 0 Å². The maximum absolute atomic E-state index is 12.6. The summed E-state index contributed by atoms with van der Waals surface area (Å²) in [7, 11) is -3.28. The number of piperazine rings is 1. The Morgan fingerprint density at radius 3 is 2.68 bits per heavy atom. The summed E-state index contributed by atoms with van der Waals surface area (Å²) >= 11 is 0. The van der Waals surface area contributed by atoms with Crippen LogP contribution >= 0.6 is 0 Å². The molecule has 0 bridgehead atoms. The molecule has 0 radical (unpaired) electrons. The molecule has 0 aliphatic carbocycles. The third kappa shape index (κ3) is 2.22. The number of fused-ring (bicyclic) bond motifs is 1. The molecule has 2 aliphatic rings. The second-order valence-electron chi connectivity index (χ2n) is 5.13. The first-order chi connectivity index (χ1) is 9.09. The first kappa shape index (κ1) is 12.8. The Balaban J connectivity index is 1.91. The summed E-state index contributed by atoms with van der Waals surface area (Å²) in [5, 5.41) is 3.28. The van der Waals surface area contributed by atoms with E-state index in [0.29, 0.717) is 16.3 Å². The van der Waals surface area contributed by atoms with Crippen molar-refractivity contribution in [1.82, 2.24) is 10.2 Å². The summed E-state index contributed by atoms with van der Waals surface area (Å²) in [6.07, 6.45) is 1.83. The van der Waals surface area contributed by atoms with Gasteiger partial charge in [0.25, 0.3) is 0 Å². The molecule has 19 heavy (non-hydrogen) atoms.